The fourth-order valence-electron chi connectivity index (χ4n) is 5.01. The molecule has 2 aromatic heterocycles. The zero-order valence-electron chi connectivity index (χ0n) is 18.7. The number of fused-ring (bicyclic) bond motifs is 3. The Labute approximate surface area is 204 Å². The van der Waals surface area contributed by atoms with Gasteiger partial charge in [0.1, 0.15) is 18.1 Å². The van der Waals surface area contributed by atoms with Crippen LogP contribution in [0.2, 0.25) is 0 Å². The fraction of sp³-hybridized carbons (Fsp3) is 0.348. The van der Waals surface area contributed by atoms with Gasteiger partial charge in [0, 0.05) is 25.2 Å². The summed E-state index contributed by atoms with van der Waals surface area (Å²) in [5.41, 5.74) is -2.62. The summed E-state index contributed by atoms with van der Waals surface area (Å²) in [4.78, 5) is 21.1. The van der Waals surface area contributed by atoms with Gasteiger partial charge in [-0.1, -0.05) is 0 Å². The van der Waals surface area contributed by atoms with Gasteiger partial charge < -0.3 is 19.1 Å². The Balaban J connectivity index is 1.22. The Morgan fingerprint density at radius 1 is 1.16 bits per heavy atom. The largest absolute Gasteiger partial charge is 0.471 e. The van der Waals surface area contributed by atoms with Gasteiger partial charge in [0.2, 0.25) is 5.82 Å². The molecule has 2 bridgehead atoms. The normalized spacial score (nSPS) is 21.8. The molecule has 1 aromatic carbocycles. The highest BCUT2D eigenvalue weighted by Crippen LogP contribution is 2.47. The second-order valence-electron chi connectivity index (χ2n) is 9.05. The molecule has 194 valence electrons. The first kappa shape index (κ1) is 23.6. The van der Waals surface area contributed by atoms with Crippen LogP contribution in [0.5, 0.6) is 17.4 Å². The van der Waals surface area contributed by atoms with E-state index in [-0.39, 0.29) is 24.0 Å². The average molecular weight is 526 g/mol. The molecule has 1 spiro atoms. The van der Waals surface area contributed by atoms with Gasteiger partial charge in [0.15, 0.2) is 23.2 Å². The van der Waals surface area contributed by atoms with E-state index in [2.05, 4.69) is 9.97 Å². The van der Waals surface area contributed by atoms with Crippen molar-refractivity contribution in [2.45, 2.75) is 37.4 Å². The van der Waals surface area contributed by atoms with Crippen LogP contribution in [0, 0.1) is 17.5 Å². The van der Waals surface area contributed by atoms with Crippen molar-refractivity contribution in [1.82, 2.24) is 14.5 Å². The molecule has 2 fully saturated rings. The number of halogens is 6. The van der Waals surface area contributed by atoms with E-state index >= 15 is 4.39 Å². The lowest BCUT2D eigenvalue weighted by molar-refractivity contribution is -0.141. The summed E-state index contributed by atoms with van der Waals surface area (Å²) in [7, 11) is 0. The van der Waals surface area contributed by atoms with E-state index in [0.717, 1.165) is 24.4 Å². The van der Waals surface area contributed by atoms with Crippen LogP contribution in [0.25, 0.3) is 0 Å². The fourth-order valence-corrected chi connectivity index (χ4v) is 5.01. The van der Waals surface area contributed by atoms with Crippen LogP contribution in [-0.2, 0) is 24.1 Å². The molecule has 0 N–H and O–H groups in total. The number of ether oxygens (including phenoxy) is 3. The van der Waals surface area contributed by atoms with Gasteiger partial charge in [-0.2, -0.15) is 22.5 Å². The molecule has 2 atom stereocenters. The summed E-state index contributed by atoms with van der Waals surface area (Å²) in [6.45, 7) is 0.463. The van der Waals surface area contributed by atoms with E-state index in [0.29, 0.717) is 25.6 Å². The van der Waals surface area contributed by atoms with Crippen molar-refractivity contribution in [3.63, 3.8) is 0 Å². The Morgan fingerprint density at radius 2 is 1.92 bits per heavy atom. The SMILES string of the molecule is O=c1nc(OCc2cc(F)c(Oc3ccnc(C(F)(F)F)c3)c(F)c2)c(F)c2n1C[C@]13CO[C@H](CN21)C3. The second kappa shape index (κ2) is 8.10. The van der Waals surface area contributed by atoms with Gasteiger partial charge in [-0.3, -0.25) is 9.55 Å². The van der Waals surface area contributed by atoms with Crippen molar-refractivity contribution >= 4 is 5.82 Å². The van der Waals surface area contributed by atoms with E-state index in [1.807, 2.05) is 0 Å². The van der Waals surface area contributed by atoms with E-state index in [1.165, 1.54) is 4.57 Å². The number of anilines is 1. The number of hydrogen-bond donors (Lipinski definition) is 0. The molecular formula is C23H16F6N4O4. The summed E-state index contributed by atoms with van der Waals surface area (Å²) in [6.07, 6.45) is -3.38. The van der Waals surface area contributed by atoms with Crippen LogP contribution < -0.4 is 20.1 Å². The molecule has 3 aliphatic rings. The minimum atomic E-state index is -4.77. The number of pyridine rings is 1. The highest BCUT2D eigenvalue weighted by molar-refractivity contribution is 5.54. The zero-order valence-corrected chi connectivity index (χ0v) is 18.7. The van der Waals surface area contributed by atoms with Crippen LogP contribution in [0.4, 0.5) is 32.2 Å². The van der Waals surface area contributed by atoms with Crippen molar-refractivity contribution in [2.75, 3.05) is 18.1 Å². The first-order valence-electron chi connectivity index (χ1n) is 11.1. The zero-order chi connectivity index (χ0) is 26.1. The molecule has 3 aromatic rings. The number of alkyl halides is 3. The minimum Gasteiger partial charge on any atom is -0.471 e. The molecule has 5 heterocycles. The van der Waals surface area contributed by atoms with Crippen molar-refractivity contribution in [3.05, 3.63) is 69.7 Å². The molecule has 0 unspecified atom stereocenters. The van der Waals surface area contributed by atoms with Crippen LogP contribution in [0.1, 0.15) is 17.7 Å². The average Bonchev–Trinajstić information content (AvgIpc) is 3.50. The van der Waals surface area contributed by atoms with Gasteiger partial charge in [-0.25, -0.2) is 13.6 Å². The smallest absolute Gasteiger partial charge is 0.433 e. The monoisotopic (exact) mass is 526 g/mol. The molecule has 6 rings (SSSR count). The summed E-state index contributed by atoms with van der Waals surface area (Å²) >= 11 is 0. The van der Waals surface area contributed by atoms with Crippen molar-refractivity contribution in [3.8, 4) is 17.4 Å². The maximum atomic E-state index is 15.3. The maximum Gasteiger partial charge on any atom is 0.433 e. The van der Waals surface area contributed by atoms with Crippen LogP contribution in [0.15, 0.2) is 35.3 Å². The highest BCUT2D eigenvalue weighted by Gasteiger charge is 2.57. The third-order valence-electron chi connectivity index (χ3n) is 6.61. The standard InChI is InChI=1S/C23H16F6N4O4/c24-14-3-11(4-15(25)18(14)37-12-1-2-30-16(5-12)23(27,28)29)8-35-19-17(26)20-32(21(34)31-19)9-22-6-13(36-10-22)7-33(20)22/h1-5,13H,6-10H2/t13-,22+/m0/s1. The molecule has 37 heavy (non-hydrogen) atoms. The van der Waals surface area contributed by atoms with Gasteiger partial charge in [-0.05, 0) is 23.8 Å². The van der Waals surface area contributed by atoms with E-state index in [4.69, 9.17) is 14.2 Å². The third kappa shape index (κ3) is 3.86. The summed E-state index contributed by atoms with van der Waals surface area (Å²) < 4.78 is 100. The Bertz CT molecular complexity index is 1460. The topological polar surface area (TPSA) is 78.7 Å². The molecule has 14 heteroatoms. The number of hydrogen-bond acceptors (Lipinski definition) is 7. The van der Waals surface area contributed by atoms with Crippen molar-refractivity contribution < 1.29 is 40.6 Å². The van der Waals surface area contributed by atoms with Gasteiger partial charge >= 0.3 is 11.9 Å². The highest BCUT2D eigenvalue weighted by atomic mass is 19.4. The van der Waals surface area contributed by atoms with Gasteiger partial charge in [-0.15, -0.1) is 0 Å². The molecule has 3 aliphatic heterocycles. The van der Waals surface area contributed by atoms with E-state index in [1.54, 1.807) is 4.90 Å². The maximum absolute atomic E-state index is 15.3. The van der Waals surface area contributed by atoms with Gasteiger partial charge in [0.05, 0.1) is 24.8 Å². The summed E-state index contributed by atoms with van der Waals surface area (Å²) in [5, 5.41) is 0. The third-order valence-corrected chi connectivity index (χ3v) is 6.61. The number of rotatable bonds is 5. The quantitative estimate of drug-likeness (QED) is 0.468. The molecule has 2 saturated heterocycles. The minimum absolute atomic E-state index is 0.0393. The second-order valence-corrected chi connectivity index (χ2v) is 9.05. The lowest BCUT2D eigenvalue weighted by atomic mass is 10.0. The predicted molar refractivity (Wildman–Crippen MR) is 113 cm³/mol. The molecule has 0 radical (unpaired) electrons. The van der Waals surface area contributed by atoms with Crippen molar-refractivity contribution in [1.29, 1.82) is 0 Å². The summed E-state index contributed by atoms with van der Waals surface area (Å²) in [6, 6.07) is 3.13. The lowest BCUT2D eigenvalue weighted by Gasteiger charge is -2.32. The first-order chi connectivity index (χ1) is 17.5. The van der Waals surface area contributed by atoms with E-state index in [9.17, 15) is 26.7 Å². The van der Waals surface area contributed by atoms with Crippen LogP contribution in [0.3, 0.4) is 0 Å². The molecule has 8 nitrogen and oxygen atoms in total. The van der Waals surface area contributed by atoms with Crippen LogP contribution >= 0.6 is 0 Å². The first-order valence-corrected chi connectivity index (χ1v) is 11.1. The molecular weight excluding hydrogens is 510 g/mol. The van der Waals surface area contributed by atoms with E-state index < -0.39 is 64.5 Å². The number of morpholine rings is 1. The number of benzene rings is 1. The molecule has 0 aliphatic carbocycles. The van der Waals surface area contributed by atoms with Gasteiger partial charge in [0.25, 0.3) is 5.88 Å². The lowest BCUT2D eigenvalue weighted by Crippen LogP contribution is -2.46. The predicted octanol–water partition coefficient (Wildman–Crippen LogP) is 3.81. The van der Waals surface area contributed by atoms with Crippen molar-refractivity contribution in [2.24, 2.45) is 0 Å². The number of aromatic nitrogens is 3. The van der Waals surface area contributed by atoms with Crippen LogP contribution in [-0.4, -0.2) is 39.3 Å². The summed E-state index contributed by atoms with van der Waals surface area (Å²) in [5.74, 6) is -5.34. The Kier molecular flexibility index (Phi) is 5.16. The Morgan fingerprint density at radius 3 is 2.62 bits per heavy atom. The molecule has 0 amide bonds. The Hall–Kier alpha value is -3.81. The number of nitrogens with zero attached hydrogens (tertiary/aromatic N) is 4. The molecule has 0 saturated carbocycles.